The number of unbranched alkanes of at least 4 members (excludes halogenated alkanes) is 16. The van der Waals surface area contributed by atoms with Gasteiger partial charge in [0, 0.05) is 6.08 Å². The summed E-state index contributed by atoms with van der Waals surface area (Å²) >= 11 is 4.41. The van der Waals surface area contributed by atoms with E-state index < -0.39 is 6.72 Å². The summed E-state index contributed by atoms with van der Waals surface area (Å²) < 4.78 is 9.97. The summed E-state index contributed by atoms with van der Waals surface area (Å²) in [6.07, 6.45) is 23.6. The first-order valence-electron chi connectivity index (χ1n) is 12.4. The van der Waals surface area contributed by atoms with Crippen molar-refractivity contribution in [1.29, 1.82) is 0 Å². The van der Waals surface area contributed by atoms with Gasteiger partial charge in [-0.05, 0) is 38.0 Å². The molecule has 0 aromatic carbocycles. The van der Waals surface area contributed by atoms with Crippen molar-refractivity contribution in [2.75, 3.05) is 6.61 Å². The third kappa shape index (κ3) is 25.9. The molecule has 0 saturated heterocycles. The molecule has 31 heavy (non-hydrogen) atoms. The van der Waals surface area contributed by atoms with E-state index >= 15 is 0 Å². The molecule has 0 aliphatic carbocycles. The van der Waals surface area contributed by atoms with Crippen LogP contribution in [0.1, 0.15) is 122 Å². The van der Waals surface area contributed by atoms with E-state index in [1.54, 1.807) is 0 Å². The third-order valence-electron chi connectivity index (χ3n) is 5.50. The minimum Gasteiger partial charge on any atom is -0.460 e. The Bertz CT molecular complexity index is 481. The van der Waals surface area contributed by atoms with Gasteiger partial charge >= 0.3 is 12.7 Å². The second kappa shape index (κ2) is 21.6. The van der Waals surface area contributed by atoms with Crippen molar-refractivity contribution in [3.05, 3.63) is 12.7 Å². The molecule has 0 aliphatic rings. The maximum atomic E-state index is 11.1. The molecule has 0 spiro atoms. The minimum absolute atomic E-state index is 0.000226. The lowest BCUT2D eigenvalue weighted by atomic mass is 10.0. The summed E-state index contributed by atoms with van der Waals surface area (Å²) in [6, 6.07) is 0. The standard InChI is InChI=1S/C24H47O5PS/c1-3-24(25)29-23(2)21-19-17-15-13-11-9-7-5-4-6-8-10-12-14-16-18-20-22-28-30(26,27)31/h3,23H,1,4-22H2,2H3,(H2,26,27,31). The Hall–Kier alpha value is -0.260. The van der Waals surface area contributed by atoms with E-state index in [-0.39, 0.29) is 12.1 Å². The first-order chi connectivity index (χ1) is 14.8. The van der Waals surface area contributed by atoms with Crippen LogP contribution in [0.2, 0.25) is 0 Å². The minimum atomic E-state index is -3.45. The zero-order chi connectivity index (χ0) is 23.2. The second-order valence-corrected chi connectivity index (χ2v) is 11.2. The average Bonchev–Trinajstić information content (AvgIpc) is 2.71. The van der Waals surface area contributed by atoms with E-state index in [2.05, 4.69) is 18.4 Å². The average molecular weight is 479 g/mol. The summed E-state index contributed by atoms with van der Waals surface area (Å²) in [4.78, 5) is 29.0. The van der Waals surface area contributed by atoms with Gasteiger partial charge in [0.15, 0.2) is 0 Å². The molecule has 0 saturated carbocycles. The molecular formula is C24H47O5PS. The van der Waals surface area contributed by atoms with Crippen molar-refractivity contribution < 1.29 is 23.8 Å². The summed E-state index contributed by atoms with van der Waals surface area (Å²) in [5, 5.41) is 0. The highest BCUT2D eigenvalue weighted by Crippen LogP contribution is 2.36. The van der Waals surface area contributed by atoms with Gasteiger partial charge in [0.25, 0.3) is 0 Å². The normalized spacial score (nSPS) is 12.6. The van der Waals surface area contributed by atoms with Crippen molar-refractivity contribution >= 4 is 24.5 Å². The lowest BCUT2D eigenvalue weighted by molar-refractivity contribution is -0.142. The third-order valence-corrected chi connectivity index (χ3v) is 6.33. The monoisotopic (exact) mass is 478 g/mol. The molecule has 1 atom stereocenters. The van der Waals surface area contributed by atoms with Crippen LogP contribution in [0.4, 0.5) is 0 Å². The van der Waals surface area contributed by atoms with Gasteiger partial charge in [-0.15, -0.1) is 0 Å². The van der Waals surface area contributed by atoms with Crippen LogP contribution in [0.5, 0.6) is 0 Å². The van der Waals surface area contributed by atoms with E-state index in [0.29, 0.717) is 6.61 Å². The molecule has 0 rings (SSSR count). The van der Waals surface area contributed by atoms with Crippen LogP contribution < -0.4 is 0 Å². The first kappa shape index (κ1) is 30.7. The summed E-state index contributed by atoms with van der Waals surface area (Å²) in [6.45, 7) is 2.28. The highest BCUT2D eigenvalue weighted by molar-refractivity contribution is 8.06. The van der Waals surface area contributed by atoms with Crippen LogP contribution in [-0.2, 0) is 25.9 Å². The van der Waals surface area contributed by atoms with Gasteiger partial charge in [0.2, 0.25) is 0 Å². The van der Waals surface area contributed by atoms with Crippen LogP contribution in [-0.4, -0.2) is 28.5 Å². The fourth-order valence-electron chi connectivity index (χ4n) is 3.67. The molecule has 0 fully saturated rings. The molecule has 184 valence electrons. The largest absolute Gasteiger partial charge is 0.460 e. The molecule has 0 aliphatic heterocycles. The maximum absolute atomic E-state index is 11.1. The number of ether oxygens (including phenoxy) is 1. The number of carbonyl (C=O) groups excluding carboxylic acids is 1. The molecule has 0 radical (unpaired) electrons. The summed E-state index contributed by atoms with van der Waals surface area (Å²) in [5.41, 5.74) is 0. The number of carbonyl (C=O) groups is 1. The van der Waals surface area contributed by atoms with E-state index in [1.165, 1.54) is 96.0 Å². The second-order valence-electron chi connectivity index (χ2n) is 8.57. The van der Waals surface area contributed by atoms with Crippen LogP contribution >= 0.6 is 6.72 Å². The smallest absolute Gasteiger partial charge is 0.330 e. The Morgan fingerprint density at radius 2 is 1.16 bits per heavy atom. The lowest BCUT2D eigenvalue weighted by Gasteiger charge is -2.11. The molecule has 7 heteroatoms. The van der Waals surface area contributed by atoms with Gasteiger partial charge in [-0.25, -0.2) is 4.79 Å². The fraction of sp³-hybridized carbons (Fsp3) is 0.875. The highest BCUT2D eigenvalue weighted by atomic mass is 32.5. The van der Waals surface area contributed by atoms with E-state index in [0.717, 1.165) is 25.7 Å². The molecule has 0 amide bonds. The molecule has 0 aromatic heterocycles. The molecule has 2 N–H and O–H groups in total. The van der Waals surface area contributed by atoms with Gasteiger partial charge in [-0.3, -0.25) is 0 Å². The quantitative estimate of drug-likeness (QED) is 0.0692. The number of hydrogen-bond donors (Lipinski definition) is 2. The Morgan fingerprint density at radius 3 is 1.52 bits per heavy atom. The van der Waals surface area contributed by atoms with Gasteiger partial charge in [-0.1, -0.05) is 103 Å². The van der Waals surface area contributed by atoms with Crippen LogP contribution in [0.15, 0.2) is 12.7 Å². The predicted octanol–water partition coefficient (Wildman–Crippen LogP) is 7.35. The predicted molar refractivity (Wildman–Crippen MR) is 134 cm³/mol. The van der Waals surface area contributed by atoms with Crippen molar-refractivity contribution in [3.63, 3.8) is 0 Å². The van der Waals surface area contributed by atoms with Crippen molar-refractivity contribution in [3.8, 4) is 0 Å². The zero-order valence-corrected chi connectivity index (χ0v) is 21.5. The molecule has 0 heterocycles. The summed E-state index contributed by atoms with van der Waals surface area (Å²) in [5.74, 6) is -0.319. The summed E-state index contributed by atoms with van der Waals surface area (Å²) in [7, 11) is 0. The van der Waals surface area contributed by atoms with E-state index in [1.807, 2.05) is 6.92 Å². The fourth-order valence-corrected chi connectivity index (χ4v) is 4.26. The first-order valence-corrected chi connectivity index (χ1v) is 15.0. The van der Waals surface area contributed by atoms with Crippen LogP contribution in [0.3, 0.4) is 0 Å². The number of rotatable bonds is 23. The maximum Gasteiger partial charge on any atom is 0.330 e. The Morgan fingerprint density at radius 1 is 0.806 bits per heavy atom. The molecule has 5 nitrogen and oxygen atoms in total. The van der Waals surface area contributed by atoms with Crippen molar-refractivity contribution in [2.24, 2.45) is 0 Å². The van der Waals surface area contributed by atoms with Gasteiger partial charge in [0.1, 0.15) is 0 Å². The molecule has 0 aromatic rings. The Balaban J connectivity index is 3.15. The highest BCUT2D eigenvalue weighted by Gasteiger charge is 2.06. The number of esters is 1. The van der Waals surface area contributed by atoms with Crippen molar-refractivity contribution in [2.45, 2.75) is 129 Å². The topological polar surface area (TPSA) is 76.0 Å². The van der Waals surface area contributed by atoms with Gasteiger partial charge in [-0.2, -0.15) is 0 Å². The SMILES string of the molecule is C=CC(=O)OC(C)CCCCCCCCCCCCCCCCCCCOP(O)(O)=S. The molecule has 0 bridgehead atoms. The van der Waals surface area contributed by atoms with E-state index in [4.69, 9.17) is 19.0 Å². The molecular weight excluding hydrogens is 431 g/mol. The van der Waals surface area contributed by atoms with E-state index in [9.17, 15) is 4.79 Å². The van der Waals surface area contributed by atoms with Crippen LogP contribution in [0, 0.1) is 0 Å². The zero-order valence-electron chi connectivity index (χ0n) is 19.8. The lowest BCUT2D eigenvalue weighted by Crippen LogP contribution is -2.12. The van der Waals surface area contributed by atoms with Gasteiger partial charge in [0.05, 0.1) is 12.7 Å². The van der Waals surface area contributed by atoms with Gasteiger partial charge < -0.3 is 19.0 Å². The Kier molecular flexibility index (Phi) is 21.4. The van der Waals surface area contributed by atoms with Crippen LogP contribution in [0.25, 0.3) is 0 Å². The molecule has 1 unspecified atom stereocenters. The Labute approximate surface area is 196 Å². The number of hydrogen-bond acceptors (Lipinski definition) is 4. The van der Waals surface area contributed by atoms with Crippen molar-refractivity contribution in [1.82, 2.24) is 0 Å².